The van der Waals surface area contributed by atoms with Gasteiger partial charge in [0, 0.05) is 48.7 Å². The number of nitrogens with zero attached hydrogens (tertiary/aromatic N) is 2. The van der Waals surface area contributed by atoms with Crippen molar-refractivity contribution >= 4 is 24.0 Å². The number of rotatable bonds is 2. The minimum absolute atomic E-state index is 0. The summed E-state index contributed by atoms with van der Waals surface area (Å²) in [5.74, 6) is -0.335. The van der Waals surface area contributed by atoms with E-state index < -0.39 is 0 Å². The third kappa shape index (κ3) is 3.01. The van der Waals surface area contributed by atoms with Gasteiger partial charge in [-0.2, -0.15) is 0 Å². The van der Waals surface area contributed by atoms with Crippen molar-refractivity contribution in [2.75, 3.05) is 11.9 Å². The van der Waals surface area contributed by atoms with Gasteiger partial charge in [-0.25, -0.2) is 4.39 Å². The number of anilines is 1. The molecule has 1 amide bonds. The zero-order valence-electron chi connectivity index (χ0n) is 14.0. The summed E-state index contributed by atoms with van der Waals surface area (Å²) in [5.41, 5.74) is 10.7. The molecule has 1 atom stereocenters. The minimum Gasteiger partial charge on any atom is -0.324 e. The number of hydrogen-bond donors (Lipinski definition) is 1. The fourth-order valence-corrected chi connectivity index (χ4v) is 3.14. The van der Waals surface area contributed by atoms with Crippen molar-refractivity contribution in [3.8, 4) is 11.1 Å². The van der Waals surface area contributed by atoms with Crippen LogP contribution in [0.4, 0.5) is 10.1 Å². The Balaban J connectivity index is 0.00000208. The van der Waals surface area contributed by atoms with Gasteiger partial charge >= 0.3 is 0 Å². The molecule has 6 heteroatoms. The van der Waals surface area contributed by atoms with Crippen molar-refractivity contribution in [3.05, 3.63) is 47.0 Å². The molecule has 0 fully saturated rings. The Morgan fingerprint density at radius 1 is 1.25 bits per heavy atom. The van der Waals surface area contributed by atoms with Crippen LogP contribution in [0.25, 0.3) is 11.1 Å². The van der Waals surface area contributed by atoms with E-state index in [0.717, 1.165) is 22.3 Å². The Morgan fingerprint density at radius 2 is 1.96 bits per heavy atom. The van der Waals surface area contributed by atoms with Gasteiger partial charge in [0.15, 0.2) is 0 Å². The van der Waals surface area contributed by atoms with Crippen LogP contribution in [0.2, 0.25) is 0 Å². The van der Waals surface area contributed by atoms with Crippen LogP contribution in [0.5, 0.6) is 0 Å². The van der Waals surface area contributed by atoms with Gasteiger partial charge in [0.05, 0.1) is 0 Å². The van der Waals surface area contributed by atoms with Crippen LogP contribution in [-0.4, -0.2) is 17.9 Å². The number of carbonyl (C=O) groups excluding carboxylic acids is 1. The van der Waals surface area contributed by atoms with Gasteiger partial charge in [0.2, 0.25) is 5.91 Å². The van der Waals surface area contributed by atoms with E-state index >= 15 is 0 Å². The quantitative estimate of drug-likeness (QED) is 0.902. The monoisotopic (exact) mass is 349 g/mol. The molecule has 2 heterocycles. The average Bonchev–Trinajstić information content (AvgIpc) is 2.51. The lowest BCUT2D eigenvalue weighted by molar-refractivity contribution is -0.118. The van der Waals surface area contributed by atoms with Gasteiger partial charge < -0.3 is 10.6 Å². The highest BCUT2D eigenvalue weighted by molar-refractivity contribution is 5.96. The van der Waals surface area contributed by atoms with Crippen molar-refractivity contribution in [3.63, 3.8) is 0 Å². The summed E-state index contributed by atoms with van der Waals surface area (Å²) in [6.45, 7) is 3.82. The first kappa shape index (κ1) is 18.4. The first-order valence-corrected chi connectivity index (χ1v) is 7.69. The van der Waals surface area contributed by atoms with Crippen LogP contribution in [0.15, 0.2) is 24.5 Å². The molecule has 1 aliphatic rings. The molecule has 0 unspecified atom stereocenters. The zero-order chi connectivity index (χ0) is 16.7. The summed E-state index contributed by atoms with van der Waals surface area (Å²) in [7, 11) is 1.68. The third-order valence-corrected chi connectivity index (χ3v) is 4.55. The van der Waals surface area contributed by atoms with Crippen LogP contribution < -0.4 is 10.6 Å². The molecule has 0 saturated carbocycles. The van der Waals surface area contributed by atoms with E-state index in [-0.39, 0.29) is 30.2 Å². The number of nitrogens with two attached hydrogens (primary N) is 1. The van der Waals surface area contributed by atoms with Crippen molar-refractivity contribution < 1.29 is 9.18 Å². The molecule has 0 aliphatic carbocycles. The van der Waals surface area contributed by atoms with E-state index in [9.17, 15) is 9.18 Å². The number of benzene rings is 1. The Hall–Kier alpha value is -1.98. The van der Waals surface area contributed by atoms with Crippen molar-refractivity contribution in [2.24, 2.45) is 5.73 Å². The second-order valence-corrected chi connectivity index (χ2v) is 6.10. The number of hydrogen-bond acceptors (Lipinski definition) is 3. The Bertz CT molecular complexity index is 792. The molecule has 0 saturated heterocycles. The largest absolute Gasteiger partial charge is 0.324 e. The van der Waals surface area contributed by atoms with E-state index in [1.165, 1.54) is 11.0 Å². The second kappa shape index (κ2) is 6.87. The van der Waals surface area contributed by atoms with Gasteiger partial charge in [-0.1, -0.05) is 0 Å². The van der Waals surface area contributed by atoms with Gasteiger partial charge in [0.1, 0.15) is 5.82 Å². The van der Waals surface area contributed by atoms with Gasteiger partial charge in [0.25, 0.3) is 0 Å². The number of pyridine rings is 1. The highest BCUT2D eigenvalue weighted by Gasteiger charge is 2.24. The van der Waals surface area contributed by atoms with E-state index in [2.05, 4.69) is 4.98 Å². The van der Waals surface area contributed by atoms with Crippen LogP contribution in [0, 0.1) is 12.7 Å². The number of carbonyl (C=O) groups is 1. The lowest BCUT2D eigenvalue weighted by Gasteiger charge is -2.26. The van der Waals surface area contributed by atoms with Gasteiger partial charge in [-0.05, 0) is 49.1 Å². The fourth-order valence-electron chi connectivity index (χ4n) is 3.14. The smallest absolute Gasteiger partial charge is 0.227 e. The lowest BCUT2D eigenvalue weighted by Crippen LogP contribution is -2.31. The summed E-state index contributed by atoms with van der Waals surface area (Å²) in [4.78, 5) is 17.5. The topological polar surface area (TPSA) is 59.2 Å². The van der Waals surface area contributed by atoms with Gasteiger partial charge in [-0.15, -0.1) is 12.4 Å². The summed E-state index contributed by atoms with van der Waals surface area (Å²) < 4.78 is 14.7. The normalized spacial score (nSPS) is 14.9. The molecule has 0 spiro atoms. The van der Waals surface area contributed by atoms with Crippen LogP contribution in [0.1, 0.15) is 36.1 Å². The highest BCUT2D eigenvalue weighted by Crippen LogP contribution is 2.35. The zero-order valence-corrected chi connectivity index (χ0v) is 14.8. The molecule has 4 nitrogen and oxygen atoms in total. The SMILES string of the molecule is Cc1c(-c2cc3c(cc2F)N(C)C(=O)CC3)cncc1[C@@H](C)N.Cl. The van der Waals surface area contributed by atoms with E-state index in [4.69, 9.17) is 5.73 Å². The molecule has 3 rings (SSSR count). The van der Waals surface area contributed by atoms with Crippen molar-refractivity contribution in [2.45, 2.75) is 32.7 Å². The Morgan fingerprint density at radius 3 is 2.62 bits per heavy atom. The summed E-state index contributed by atoms with van der Waals surface area (Å²) in [6.07, 6.45) is 4.48. The molecule has 0 radical (unpaired) electrons. The maximum atomic E-state index is 14.7. The minimum atomic E-state index is -0.350. The number of aryl methyl sites for hydroxylation is 1. The molecule has 24 heavy (non-hydrogen) atoms. The van der Waals surface area contributed by atoms with Crippen LogP contribution >= 0.6 is 12.4 Å². The highest BCUT2D eigenvalue weighted by atomic mass is 35.5. The maximum absolute atomic E-state index is 14.7. The molecular formula is C18H21ClFN3O. The van der Waals surface area contributed by atoms with Crippen molar-refractivity contribution in [1.82, 2.24) is 4.98 Å². The van der Waals surface area contributed by atoms with Crippen LogP contribution in [-0.2, 0) is 11.2 Å². The number of amides is 1. The van der Waals surface area contributed by atoms with E-state index in [1.807, 2.05) is 19.9 Å². The maximum Gasteiger partial charge on any atom is 0.227 e. The molecule has 0 bridgehead atoms. The molecule has 1 aromatic carbocycles. The van der Waals surface area contributed by atoms with Crippen LogP contribution in [0.3, 0.4) is 0 Å². The first-order valence-electron chi connectivity index (χ1n) is 7.69. The van der Waals surface area contributed by atoms with Crippen molar-refractivity contribution in [1.29, 1.82) is 0 Å². The molecule has 1 aliphatic heterocycles. The van der Waals surface area contributed by atoms with Gasteiger partial charge in [-0.3, -0.25) is 9.78 Å². The molecule has 2 N–H and O–H groups in total. The molecule has 128 valence electrons. The lowest BCUT2D eigenvalue weighted by atomic mass is 9.92. The average molecular weight is 350 g/mol. The number of halogens is 2. The number of aromatic nitrogens is 1. The predicted molar refractivity (Wildman–Crippen MR) is 95.9 cm³/mol. The molecular weight excluding hydrogens is 329 g/mol. The number of fused-ring (bicyclic) bond motifs is 1. The summed E-state index contributed by atoms with van der Waals surface area (Å²) in [5, 5.41) is 0. The summed E-state index contributed by atoms with van der Waals surface area (Å²) in [6, 6.07) is 3.12. The van der Waals surface area contributed by atoms with E-state index in [0.29, 0.717) is 24.1 Å². The Labute approximate surface area is 147 Å². The fraction of sp³-hybridized carbons (Fsp3) is 0.333. The van der Waals surface area contributed by atoms with E-state index in [1.54, 1.807) is 19.4 Å². The Kier molecular flexibility index (Phi) is 5.26. The standard InChI is InChI=1S/C18H20FN3O.ClH/c1-10-14(11(2)20)8-21-9-15(10)13-6-12-4-5-18(23)22(3)17(12)7-16(13)19;/h6-9,11H,4-5,20H2,1-3H3;1H/t11-;/m1./s1. The summed E-state index contributed by atoms with van der Waals surface area (Å²) >= 11 is 0. The second-order valence-electron chi connectivity index (χ2n) is 6.10. The first-order chi connectivity index (χ1) is 10.9. The molecule has 2 aromatic rings. The molecule has 1 aromatic heterocycles. The predicted octanol–water partition coefficient (Wildman–Crippen LogP) is 3.55. The third-order valence-electron chi connectivity index (χ3n) is 4.55.